The summed E-state index contributed by atoms with van der Waals surface area (Å²) in [6.45, 7) is 9.66. The molecule has 120 valence electrons. The first-order valence-electron chi connectivity index (χ1n) is 8.18. The van der Waals surface area contributed by atoms with Crippen LogP contribution in [0.1, 0.15) is 39.4 Å². The number of fused-ring (bicyclic) bond motifs is 1. The molecule has 0 aliphatic carbocycles. The smallest absolute Gasteiger partial charge is 0.110 e. The fraction of sp³-hybridized carbons (Fsp3) is 0.611. The molecule has 1 aromatic carbocycles. The number of thiol groups is 1. The van der Waals surface area contributed by atoms with E-state index in [1.807, 2.05) is 0 Å². The van der Waals surface area contributed by atoms with Gasteiger partial charge in [0, 0.05) is 31.1 Å². The van der Waals surface area contributed by atoms with E-state index in [1.54, 1.807) is 0 Å². The molecular weight excluding hydrogens is 292 g/mol. The highest BCUT2D eigenvalue weighted by Crippen LogP contribution is 2.28. The summed E-state index contributed by atoms with van der Waals surface area (Å²) in [4.78, 5) is 5.88. The van der Waals surface area contributed by atoms with Crippen LogP contribution in [0.5, 0.6) is 0 Å². The summed E-state index contributed by atoms with van der Waals surface area (Å²) in [5.74, 6) is 1.90. The Bertz CT molecular complexity index is 651. The largest absolute Gasteiger partial charge is 0.381 e. The maximum Gasteiger partial charge on any atom is 0.110 e. The van der Waals surface area contributed by atoms with Crippen molar-refractivity contribution in [3.8, 4) is 0 Å². The third-order valence-corrected chi connectivity index (χ3v) is 4.56. The zero-order valence-electron chi connectivity index (χ0n) is 13.8. The SMILES string of the molecule is CC(C)(C)Cc1nc2cc(S)ccc2n1CC1CCOCC1. The predicted molar refractivity (Wildman–Crippen MR) is 93.7 cm³/mol. The third-order valence-electron chi connectivity index (χ3n) is 4.28. The number of hydrogen-bond donors (Lipinski definition) is 1. The lowest BCUT2D eigenvalue weighted by atomic mass is 9.91. The van der Waals surface area contributed by atoms with Crippen molar-refractivity contribution >= 4 is 23.7 Å². The van der Waals surface area contributed by atoms with Crippen LogP contribution in [0.4, 0.5) is 0 Å². The van der Waals surface area contributed by atoms with E-state index in [1.165, 1.54) is 11.3 Å². The topological polar surface area (TPSA) is 27.1 Å². The lowest BCUT2D eigenvalue weighted by molar-refractivity contribution is 0.0612. The quantitative estimate of drug-likeness (QED) is 0.852. The molecule has 1 aliphatic heterocycles. The summed E-state index contributed by atoms with van der Waals surface area (Å²) >= 11 is 4.46. The Morgan fingerprint density at radius 1 is 1.27 bits per heavy atom. The average Bonchev–Trinajstić information content (AvgIpc) is 2.75. The number of rotatable bonds is 3. The van der Waals surface area contributed by atoms with E-state index in [0.717, 1.165) is 49.4 Å². The molecule has 0 saturated carbocycles. The Morgan fingerprint density at radius 3 is 2.68 bits per heavy atom. The number of nitrogens with zero attached hydrogens (tertiary/aromatic N) is 2. The molecule has 4 heteroatoms. The van der Waals surface area contributed by atoms with E-state index in [0.29, 0.717) is 5.92 Å². The average molecular weight is 318 g/mol. The molecule has 0 amide bonds. The lowest BCUT2D eigenvalue weighted by Gasteiger charge is -2.25. The van der Waals surface area contributed by atoms with E-state index in [-0.39, 0.29) is 5.41 Å². The van der Waals surface area contributed by atoms with Crippen molar-refractivity contribution in [2.45, 2.75) is 51.5 Å². The first kappa shape index (κ1) is 15.9. The number of hydrogen-bond acceptors (Lipinski definition) is 3. The Morgan fingerprint density at radius 2 is 2.00 bits per heavy atom. The molecule has 3 rings (SSSR count). The molecule has 0 radical (unpaired) electrons. The summed E-state index contributed by atoms with van der Waals surface area (Å²) in [5.41, 5.74) is 2.54. The van der Waals surface area contributed by atoms with Crippen molar-refractivity contribution in [2.75, 3.05) is 13.2 Å². The Kier molecular flexibility index (Phi) is 4.51. The molecule has 0 atom stereocenters. The molecule has 0 N–H and O–H groups in total. The fourth-order valence-electron chi connectivity index (χ4n) is 3.17. The van der Waals surface area contributed by atoms with Crippen LogP contribution in [0.25, 0.3) is 11.0 Å². The molecule has 2 aromatic rings. The van der Waals surface area contributed by atoms with Crippen LogP contribution >= 0.6 is 12.6 Å². The van der Waals surface area contributed by atoms with Gasteiger partial charge < -0.3 is 9.30 Å². The zero-order valence-corrected chi connectivity index (χ0v) is 14.7. The van der Waals surface area contributed by atoms with Gasteiger partial charge in [-0.15, -0.1) is 12.6 Å². The molecule has 1 saturated heterocycles. The Labute approximate surface area is 138 Å². The molecule has 22 heavy (non-hydrogen) atoms. The van der Waals surface area contributed by atoms with Gasteiger partial charge in [0.05, 0.1) is 11.0 Å². The molecule has 1 aliphatic rings. The van der Waals surface area contributed by atoms with Crippen molar-refractivity contribution in [3.63, 3.8) is 0 Å². The van der Waals surface area contributed by atoms with Crippen LogP contribution in [0.15, 0.2) is 23.1 Å². The van der Waals surface area contributed by atoms with Crippen molar-refractivity contribution < 1.29 is 4.74 Å². The van der Waals surface area contributed by atoms with Gasteiger partial charge in [0.15, 0.2) is 0 Å². The van der Waals surface area contributed by atoms with Gasteiger partial charge in [-0.05, 0) is 42.4 Å². The van der Waals surface area contributed by atoms with Gasteiger partial charge in [-0.2, -0.15) is 0 Å². The van der Waals surface area contributed by atoms with E-state index in [2.05, 4.69) is 56.2 Å². The van der Waals surface area contributed by atoms with Gasteiger partial charge >= 0.3 is 0 Å². The number of benzene rings is 1. The maximum atomic E-state index is 5.50. The number of aromatic nitrogens is 2. The van der Waals surface area contributed by atoms with Crippen LogP contribution in [-0.4, -0.2) is 22.8 Å². The third kappa shape index (κ3) is 3.66. The molecule has 0 bridgehead atoms. The lowest BCUT2D eigenvalue weighted by Crippen LogP contribution is -2.22. The fourth-order valence-corrected chi connectivity index (χ4v) is 3.37. The van der Waals surface area contributed by atoms with Crippen molar-refractivity contribution in [3.05, 3.63) is 24.0 Å². The molecule has 1 fully saturated rings. The highest BCUT2D eigenvalue weighted by Gasteiger charge is 2.21. The molecule has 3 nitrogen and oxygen atoms in total. The van der Waals surface area contributed by atoms with Gasteiger partial charge in [-0.1, -0.05) is 20.8 Å². The van der Waals surface area contributed by atoms with E-state index in [4.69, 9.17) is 9.72 Å². The normalized spacial score (nSPS) is 17.3. The molecule has 0 spiro atoms. The van der Waals surface area contributed by atoms with Gasteiger partial charge in [0.1, 0.15) is 5.82 Å². The molecule has 2 heterocycles. The molecule has 0 unspecified atom stereocenters. The van der Waals surface area contributed by atoms with E-state index >= 15 is 0 Å². The summed E-state index contributed by atoms with van der Waals surface area (Å²) in [5, 5.41) is 0. The second-order valence-corrected chi connectivity index (χ2v) is 8.12. The number of ether oxygens (including phenoxy) is 1. The summed E-state index contributed by atoms with van der Waals surface area (Å²) < 4.78 is 7.93. The summed E-state index contributed by atoms with van der Waals surface area (Å²) in [6, 6.07) is 6.30. The first-order chi connectivity index (χ1) is 10.4. The minimum Gasteiger partial charge on any atom is -0.381 e. The highest BCUT2D eigenvalue weighted by atomic mass is 32.1. The van der Waals surface area contributed by atoms with Gasteiger partial charge in [-0.3, -0.25) is 0 Å². The van der Waals surface area contributed by atoms with Gasteiger partial charge in [0.25, 0.3) is 0 Å². The second kappa shape index (κ2) is 6.25. The van der Waals surface area contributed by atoms with Crippen molar-refractivity contribution in [1.82, 2.24) is 9.55 Å². The van der Waals surface area contributed by atoms with Crippen molar-refractivity contribution in [2.24, 2.45) is 11.3 Å². The standard InChI is InChI=1S/C18H26N2OS/c1-18(2,3)11-17-19-15-10-14(22)4-5-16(15)20(17)12-13-6-8-21-9-7-13/h4-5,10,13,22H,6-9,11-12H2,1-3H3. The second-order valence-electron chi connectivity index (χ2n) is 7.60. The minimum absolute atomic E-state index is 0.235. The van der Waals surface area contributed by atoms with Crippen LogP contribution in [0, 0.1) is 11.3 Å². The summed E-state index contributed by atoms with van der Waals surface area (Å²) in [7, 11) is 0. The van der Waals surface area contributed by atoms with Crippen LogP contribution < -0.4 is 0 Å². The minimum atomic E-state index is 0.235. The Hall–Kier alpha value is -1.00. The van der Waals surface area contributed by atoms with Gasteiger partial charge in [-0.25, -0.2) is 4.98 Å². The van der Waals surface area contributed by atoms with Crippen LogP contribution in [0.2, 0.25) is 0 Å². The predicted octanol–water partition coefficient (Wildman–Crippen LogP) is 4.34. The Balaban J connectivity index is 1.97. The van der Waals surface area contributed by atoms with E-state index < -0.39 is 0 Å². The van der Waals surface area contributed by atoms with Crippen molar-refractivity contribution in [1.29, 1.82) is 0 Å². The molecular formula is C18H26N2OS. The highest BCUT2D eigenvalue weighted by molar-refractivity contribution is 7.80. The van der Waals surface area contributed by atoms with Crippen LogP contribution in [-0.2, 0) is 17.7 Å². The summed E-state index contributed by atoms with van der Waals surface area (Å²) in [6.07, 6.45) is 3.30. The first-order valence-corrected chi connectivity index (χ1v) is 8.63. The monoisotopic (exact) mass is 318 g/mol. The number of imidazole rings is 1. The van der Waals surface area contributed by atoms with E-state index in [9.17, 15) is 0 Å². The molecule has 1 aromatic heterocycles. The maximum absolute atomic E-state index is 5.50. The van der Waals surface area contributed by atoms with Crippen LogP contribution in [0.3, 0.4) is 0 Å². The van der Waals surface area contributed by atoms with Gasteiger partial charge in [0.2, 0.25) is 0 Å². The zero-order chi connectivity index (χ0) is 15.7.